The van der Waals surface area contributed by atoms with Crippen molar-refractivity contribution in [3.05, 3.63) is 55.2 Å². The molecule has 0 unspecified atom stereocenters. The summed E-state index contributed by atoms with van der Waals surface area (Å²) in [6, 6.07) is 9.74. The lowest BCUT2D eigenvalue weighted by molar-refractivity contribution is 0.858. The van der Waals surface area contributed by atoms with Crippen LogP contribution in [0, 0.1) is 6.92 Å². The van der Waals surface area contributed by atoms with E-state index in [9.17, 15) is 4.79 Å². The number of pyridine rings is 1. The zero-order valence-electron chi connectivity index (χ0n) is 9.50. The van der Waals surface area contributed by atoms with Crippen LogP contribution < -0.4 is 5.56 Å². The van der Waals surface area contributed by atoms with Crippen molar-refractivity contribution < 1.29 is 0 Å². The van der Waals surface area contributed by atoms with Gasteiger partial charge in [0, 0.05) is 27.1 Å². The molecule has 2 aromatic rings. The molecule has 0 atom stereocenters. The highest BCUT2D eigenvalue weighted by molar-refractivity contribution is 9.11. The lowest BCUT2D eigenvalue weighted by atomic mass is 10.1. The fraction of sp³-hybridized carbons (Fsp3) is 0.154. The van der Waals surface area contributed by atoms with Crippen LogP contribution in [0.2, 0.25) is 0 Å². The lowest BCUT2D eigenvalue weighted by Crippen LogP contribution is -2.20. The van der Waals surface area contributed by atoms with Crippen molar-refractivity contribution >= 4 is 31.9 Å². The van der Waals surface area contributed by atoms with Crippen LogP contribution in [0.25, 0.3) is 11.3 Å². The number of halogens is 2. The molecule has 1 aromatic heterocycles. The van der Waals surface area contributed by atoms with Crippen molar-refractivity contribution in [1.82, 2.24) is 4.57 Å². The van der Waals surface area contributed by atoms with Gasteiger partial charge in [0.1, 0.15) is 0 Å². The first-order chi connectivity index (χ1) is 8.00. The Hall–Kier alpha value is -0.870. The molecule has 2 nitrogen and oxygen atoms in total. The Morgan fingerprint density at radius 3 is 2.47 bits per heavy atom. The van der Waals surface area contributed by atoms with Crippen molar-refractivity contribution in [2.75, 3.05) is 0 Å². The topological polar surface area (TPSA) is 22.0 Å². The smallest absolute Gasteiger partial charge is 0.253 e. The maximum atomic E-state index is 11.9. The molecule has 0 saturated heterocycles. The molecule has 0 aliphatic carbocycles. The average molecular weight is 357 g/mol. The van der Waals surface area contributed by atoms with E-state index in [1.807, 2.05) is 37.3 Å². The van der Waals surface area contributed by atoms with Gasteiger partial charge in [0.25, 0.3) is 5.56 Å². The van der Waals surface area contributed by atoms with Gasteiger partial charge in [0.05, 0.1) is 5.69 Å². The van der Waals surface area contributed by atoms with E-state index in [4.69, 9.17) is 0 Å². The number of nitrogens with zero attached hydrogens (tertiary/aromatic N) is 1. The van der Waals surface area contributed by atoms with Crippen molar-refractivity contribution in [3.63, 3.8) is 0 Å². The van der Waals surface area contributed by atoms with E-state index in [1.54, 1.807) is 11.6 Å². The summed E-state index contributed by atoms with van der Waals surface area (Å²) < 4.78 is 3.64. The molecule has 17 heavy (non-hydrogen) atoms. The summed E-state index contributed by atoms with van der Waals surface area (Å²) in [5, 5.41) is 0. The first kappa shape index (κ1) is 12.6. The van der Waals surface area contributed by atoms with Gasteiger partial charge in [0.15, 0.2) is 0 Å². The fourth-order valence-electron chi connectivity index (χ4n) is 1.73. The normalized spacial score (nSPS) is 10.6. The maximum absolute atomic E-state index is 11.9. The summed E-state index contributed by atoms with van der Waals surface area (Å²) in [4.78, 5) is 11.9. The SMILES string of the molecule is Cc1ccc(-c2ccc(Br)cc2Br)n(C)c1=O. The van der Waals surface area contributed by atoms with Crippen molar-refractivity contribution in [1.29, 1.82) is 0 Å². The minimum absolute atomic E-state index is 0.0392. The van der Waals surface area contributed by atoms with E-state index in [0.717, 1.165) is 25.8 Å². The van der Waals surface area contributed by atoms with Gasteiger partial charge < -0.3 is 4.57 Å². The molecule has 2 rings (SSSR count). The van der Waals surface area contributed by atoms with Crippen LogP contribution in [-0.4, -0.2) is 4.57 Å². The summed E-state index contributed by atoms with van der Waals surface area (Å²) in [7, 11) is 1.79. The lowest BCUT2D eigenvalue weighted by Gasteiger charge is -2.11. The second kappa shape index (κ2) is 4.78. The second-order valence-corrected chi connectivity index (χ2v) is 5.66. The molecule has 88 valence electrons. The standard InChI is InChI=1S/C13H11Br2NO/c1-8-3-6-12(16(2)13(8)17)10-5-4-9(14)7-11(10)15/h3-7H,1-2H3. The van der Waals surface area contributed by atoms with Gasteiger partial charge in [-0.05, 0) is 25.1 Å². The van der Waals surface area contributed by atoms with Gasteiger partial charge in [-0.3, -0.25) is 4.79 Å². The van der Waals surface area contributed by atoms with E-state index < -0.39 is 0 Å². The first-order valence-corrected chi connectivity index (χ1v) is 6.71. The Labute approximate surface area is 117 Å². The van der Waals surface area contributed by atoms with Gasteiger partial charge in [-0.2, -0.15) is 0 Å². The van der Waals surface area contributed by atoms with Gasteiger partial charge in [0.2, 0.25) is 0 Å². The van der Waals surface area contributed by atoms with E-state index >= 15 is 0 Å². The molecular formula is C13H11Br2NO. The maximum Gasteiger partial charge on any atom is 0.253 e. The van der Waals surface area contributed by atoms with Crippen LogP contribution in [0.15, 0.2) is 44.1 Å². The number of hydrogen-bond acceptors (Lipinski definition) is 1. The van der Waals surface area contributed by atoms with Crippen LogP contribution in [0.4, 0.5) is 0 Å². The van der Waals surface area contributed by atoms with Crippen LogP contribution >= 0.6 is 31.9 Å². The molecule has 1 aromatic carbocycles. The Morgan fingerprint density at radius 2 is 1.82 bits per heavy atom. The highest BCUT2D eigenvalue weighted by atomic mass is 79.9. The molecule has 0 bridgehead atoms. The highest BCUT2D eigenvalue weighted by Crippen LogP contribution is 2.29. The van der Waals surface area contributed by atoms with Crippen LogP contribution in [0.5, 0.6) is 0 Å². The molecule has 0 saturated carbocycles. The molecule has 0 amide bonds. The summed E-state index contributed by atoms with van der Waals surface area (Å²) in [5.74, 6) is 0. The molecule has 0 fully saturated rings. The van der Waals surface area contributed by atoms with Crippen LogP contribution in [-0.2, 0) is 7.05 Å². The molecule has 0 N–H and O–H groups in total. The number of aryl methyl sites for hydroxylation is 1. The van der Waals surface area contributed by atoms with Crippen molar-refractivity contribution in [2.24, 2.45) is 7.05 Å². The quantitative estimate of drug-likeness (QED) is 0.759. The second-order valence-electron chi connectivity index (χ2n) is 3.89. The van der Waals surface area contributed by atoms with Gasteiger partial charge in [-0.25, -0.2) is 0 Å². The molecule has 0 spiro atoms. The summed E-state index contributed by atoms with van der Waals surface area (Å²) in [5.41, 5.74) is 2.70. The fourth-order valence-corrected chi connectivity index (χ4v) is 2.98. The van der Waals surface area contributed by atoms with Crippen LogP contribution in [0.1, 0.15) is 5.56 Å². The Balaban J connectivity index is 2.69. The Bertz CT molecular complexity index is 632. The predicted molar refractivity (Wildman–Crippen MR) is 77.3 cm³/mol. The van der Waals surface area contributed by atoms with Crippen LogP contribution in [0.3, 0.4) is 0 Å². The molecule has 1 heterocycles. The first-order valence-electron chi connectivity index (χ1n) is 5.13. The molecule has 0 aliphatic rings. The zero-order valence-corrected chi connectivity index (χ0v) is 12.7. The molecule has 4 heteroatoms. The summed E-state index contributed by atoms with van der Waals surface area (Å²) >= 11 is 6.93. The zero-order chi connectivity index (χ0) is 12.6. The minimum atomic E-state index is 0.0392. The average Bonchev–Trinajstić information content (AvgIpc) is 2.28. The molecule has 0 radical (unpaired) electrons. The predicted octanol–water partition coefficient (Wildman–Crippen LogP) is 3.89. The third-order valence-electron chi connectivity index (χ3n) is 2.70. The number of rotatable bonds is 1. The van der Waals surface area contributed by atoms with Crippen molar-refractivity contribution in [2.45, 2.75) is 6.92 Å². The largest absolute Gasteiger partial charge is 0.311 e. The van der Waals surface area contributed by atoms with E-state index in [0.29, 0.717) is 0 Å². The monoisotopic (exact) mass is 355 g/mol. The van der Waals surface area contributed by atoms with Gasteiger partial charge >= 0.3 is 0 Å². The Kier molecular flexibility index (Phi) is 3.54. The van der Waals surface area contributed by atoms with Gasteiger partial charge in [-0.1, -0.05) is 44.0 Å². The number of aromatic nitrogens is 1. The third kappa shape index (κ3) is 2.38. The van der Waals surface area contributed by atoms with E-state index in [1.165, 1.54) is 0 Å². The minimum Gasteiger partial charge on any atom is -0.311 e. The van der Waals surface area contributed by atoms with Gasteiger partial charge in [-0.15, -0.1) is 0 Å². The van der Waals surface area contributed by atoms with Crippen molar-refractivity contribution in [3.8, 4) is 11.3 Å². The number of hydrogen-bond donors (Lipinski definition) is 0. The summed E-state index contributed by atoms with van der Waals surface area (Å²) in [6.07, 6.45) is 0. The molecular weight excluding hydrogens is 346 g/mol. The third-order valence-corrected chi connectivity index (χ3v) is 3.85. The number of benzene rings is 1. The van der Waals surface area contributed by atoms with E-state index in [-0.39, 0.29) is 5.56 Å². The molecule has 0 aliphatic heterocycles. The Morgan fingerprint density at radius 1 is 1.12 bits per heavy atom. The highest BCUT2D eigenvalue weighted by Gasteiger charge is 2.08. The summed E-state index contributed by atoms with van der Waals surface area (Å²) in [6.45, 7) is 1.82. The van der Waals surface area contributed by atoms with E-state index in [2.05, 4.69) is 31.9 Å².